The molecule has 0 heterocycles. The Labute approximate surface area is 106 Å². The third kappa shape index (κ3) is 4.33. The van der Waals surface area contributed by atoms with Gasteiger partial charge in [0.15, 0.2) is 0 Å². The zero-order valence-electron chi connectivity index (χ0n) is 9.00. The van der Waals surface area contributed by atoms with Crippen molar-refractivity contribution in [2.45, 2.75) is 6.42 Å². The van der Waals surface area contributed by atoms with E-state index >= 15 is 0 Å². The van der Waals surface area contributed by atoms with Crippen LogP contribution < -0.4 is 5.32 Å². The van der Waals surface area contributed by atoms with Crippen molar-refractivity contribution in [3.63, 3.8) is 0 Å². The number of halogens is 1. The van der Waals surface area contributed by atoms with Gasteiger partial charge in [-0.1, -0.05) is 15.9 Å². The Balaban J connectivity index is 2.54. The van der Waals surface area contributed by atoms with Crippen molar-refractivity contribution in [1.82, 2.24) is 0 Å². The zero-order chi connectivity index (χ0) is 12.0. The monoisotopic (exact) mass is 300 g/mol. The van der Waals surface area contributed by atoms with Crippen LogP contribution in [0, 0.1) is 11.3 Å². The van der Waals surface area contributed by atoms with Crippen LogP contribution in [0.1, 0.15) is 12.0 Å². The Morgan fingerprint density at radius 1 is 1.56 bits per heavy atom. The summed E-state index contributed by atoms with van der Waals surface area (Å²) in [6.45, 7) is 0.732. The molecule has 0 saturated heterocycles. The van der Waals surface area contributed by atoms with Crippen LogP contribution in [0.4, 0.5) is 5.69 Å². The van der Waals surface area contributed by atoms with Gasteiger partial charge in [-0.25, -0.2) is 0 Å². The molecule has 1 N–H and O–H groups in total. The second kappa shape index (κ2) is 6.66. The number of nitrogens with one attached hydrogen (secondary N) is 1. The van der Waals surface area contributed by atoms with E-state index < -0.39 is 10.8 Å². The van der Waals surface area contributed by atoms with Crippen LogP contribution in [0.2, 0.25) is 0 Å². The van der Waals surface area contributed by atoms with Crippen LogP contribution in [0.3, 0.4) is 0 Å². The summed E-state index contributed by atoms with van der Waals surface area (Å²) in [4.78, 5) is 0. The van der Waals surface area contributed by atoms with Crippen molar-refractivity contribution in [3.8, 4) is 6.07 Å². The molecule has 0 radical (unpaired) electrons. The van der Waals surface area contributed by atoms with Gasteiger partial charge in [-0.05, 0) is 24.6 Å². The Morgan fingerprint density at radius 3 is 2.94 bits per heavy atom. The second-order valence-electron chi connectivity index (χ2n) is 3.36. The lowest BCUT2D eigenvalue weighted by molar-refractivity contribution is 0.685. The Morgan fingerprint density at radius 2 is 2.31 bits per heavy atom. The second-order valence-corrected chi connectivity index (χ2v) is 5.83. The number of hydrogen-bond donors (Lipinski definition) is 1. The molecule has 0 saturated carbocycles. The molecule has 1 aromatic carbocycles. The Kier molecular flexibility index (Phi) is 5.50. The SMILES string of the molecule is CS(=O)CCCNc1ccc(Br)cc1C#N. The molecule has 1 unspecified atom stereocenters. The number of nitrogens with zero attached hydrogens (tertiary/aromatic N) is 1. The molecule has 0 spiro atoms. The first kappa shape index (κ1) is 13.2. The molecule has 1 atom stereocenters. The zero-order valence-corrected chi connectivity index (χ0v) is 11.4. The Bertz CT molecular complexity index is 428. The van der Waals surface area contributed by atoms with Gasteiger partial charge in [-0.2, -0.15) is 5.26 Å². The highest BCUT2D eigenvalue weighted by Crippen LogP contribution is 2.20. The van der Waals surface area contributed by atoms with E-state index in [1.807, 2.05) is 12.1 Å². The van der Waals surface area contributed by atoms with Gasteiger partial charge in [0, 0.05) is 33.8 Å². The molecule has 5 heteroatoms. The van der Waals surface area contributed by atoms with Crippen molar-refractivity contribution in [3.05, 3.63) is 28.2 Å². The lowest BCUT2D eigenvalue weighted by Gasteiger charge is -2.07. The fourth-order valence-electron chi connectivity index (χ4n) is 1.26. The van der Waals surface area contributed by atoms with Crippen LogP contribution in [0.15, 0.2) is 22.7 Å². The third-order valence-electron chi connectivity index (χ3n) is 2.03. The predicted octanol–water partition coefficient (Wildman–Crippen LogP) is 2.50. The minimum absolute atomic E-state index is 0.618. The first-order chi connectivity index (χ1) is 7.63. The molecule has 86 valence electrons. The van der Waals surface area contributed by atoms with E-state index in [0.717, 1.165) is 23.1 Å². The summed E-state index contributed by atoms with van der Waals surface area (Å²) in [6, 6.07) is 7.67. The highest BCUT2D eigenvalue weighted by molar-refractivity contribution is 9.10. The van der Waals surface area contributed by atoms with E-state index in [0.29, 0.717) is 11.3 Å². The van der Waals surface area contributed by atoms with Crippen LogP contribution in [-0.2, 0) is 10.8 Å². The van der Waals surface area contributed by atoms with E-state index in [1.54, 1.807) is 12.3 Å². The first-order valence-electron chi connectivity index (χ1n) is 4.87. The molecule has 0 aliphatic heterocycles. The van der Waals surface area contributed by atoms with Gasteiger partial charge in [0.2, 0.25) is 0 Å². The van der Waals surface area contributed by atoms with Gasteiger partial charge in [-0.15, -0.1) is 0 Å². The maximum atomic E-state index is 10.8. The van der Waals surface area contributed by atoms with Crippen molar-refractivity contribution < 1.29 is 4.21 Å². The average Bonchev–Trinajstić information content (AvgIpc) is 2.25. The quantitative estimate of drug-likeness (QED) is 0.850. The van der Waals surface area contributed by atoms with Crippen molar-refractivity contribution in [2.24, 2.45) is 0 Å². The first-order valence-corrected chi connectivity index (χ1v) is 7.39. The van der Waals surface area contributed by atoms with Crippen molar-refractivity contribution >= 4 is 32.4 Å². The summed E-state index contributed by atoms with van der Waals surface area (Å²) in [5.41, 5.74) is 1.44. The van der Waals surface area contributed by atoms with Gasteiger partial charge in [-0.3, -0.25) is 4.21 Å². The number of anilines is 1. The fraction of sp³-hybridized carbons (Fsp3) is 0.364. The number of hydrogen-bond acceptors (Lipinski definition) is 3. The summed E-state index contributed by atoms with van der Waals surface area (Å²) in [6.07, 6.45) is 2.53. The highest BCUT2D eigenvalue weighted by atomic mass is 79.9. The van der Waals surface area contributed by atoms with Crippen molar-refractivity contribution in [1.29, 1.82) is 5.26 Å². The van der Waals surface area contributed by atoms with E-state index in [1.165, 1.54) is 0 Å². The summed E-state index contributed by atoms with van der Waals surface area (Å²) in [5.74, 6) is 0.686. The van der Waals surface area contributed by atoms with Crippen LogP contribution in [0.25, 0.3) is 0 Å². The molecule has 0 aliphatic carbocycles. The topological polar surface area (TPSA) is 52.9 Å². The minimum atomic E-state index is -0.747. The average molecular weight is 301 g/mol. The summed E-state index contributed by atoms with van der Waals surface area (Å²) in [7, 11) is -0.747. The molecule has 3 nitrogen and oxygen atoms in total. The highest BCUT2D eigenvalue weighted by Gasteiger charge is 2.01. The van der Waals surface area contributed by atoms with E-state index in [4.69, 9.17) is 5.26 Å². The van der Waals surface area contributed by atoms with E-state index in [-0.39, 0.29) is 0 Å². The van der Waals surface area contributed by atoms with Crippen LogP contribution in [-0.4, -0.2) is 22.8 Å². The van der Waals surface area contributed by atoms with Crippen LogP contribution >= 0.6 is 15.9 Å². The van der Waals surface area contributed by atoms with Crippen LogP contribution in [0.5, 0.6) is 0 Å². The molecular weight excluding hydrogens is 288 g/mol. The minimum Gasteiger partial charge on any atom is -0.384 e. The van der Waals surface area contributed by atoms with E-state index in [9.17, 15) is 4.21 Å². The van der Waals surface area contributed by atoms with Gasteiger partial charge in [0.1, 0.15) is 6.07 Å². The molecular formula is C11H13BrN2OS. The standard InChI is InChI=1S/C11H13BrN2OS/c1-16(15)6-2-5-14-11-4-3-10(12)7-9(11)8-13/h3-4,7,14H,2,5-6H2,1H3. The fourth-order valence-corrected chi connectivity index (χ4v) is 2.17. The summed E-state index contributed by atoms with van der Waals surface area (Å²) < 4.78 is 11.7. The number of benzene rings is 1. The van der Waals surface area contributed by atoms with E-state index in [2.05, 4.69) is 27.3 Å². The maximum Gasteiger partial charge on any atom is 0.101 e. The summed E-state index contributed by atoms with van der Waals surface area (Å²) in [5, 5.41) is 12.1. The molecule has 1 aromatic rings. The molecule has 16 heavy (non-hydrogen) atoms. The number of rotatable bonds is 5. The number of nitriles is 1. The van der Waals surface area contributed by atoms with Gasteiger partial charge in [0.25, 0.3) is 0 Å². The third-order valence-corrected chi connectivity index (χ3v) is 3.38. The predicted molar refractivity (Wildman–Crippen MR) is 70.9 cm³/mol. The molecule has 0 aliphatic rings. The lowest BCUT2D eigenvalue weighted by Crippen LogP contribution is -2.07. The molecule has 1 rings (SSSR count). The van der Waals surface area contributed by atoms with Crippen molar-refractivity contribution in [2.75, 3.05) is 23.9 Å². The smallest absolute Gasteiger partial charge is 0.101 e. The maximum absolute atomic E-state index is 10.8. The Hall–Kier alpha value is -0.860. The largest absolute Gasteiger partial charge is 0.384 e. The molecule has 0 aromatic heterocycles. The van der Waals surface area contributed by atoms with Gasteiger partial charge < -0.3 is 5.32 Å². The normalized spacial score (nSPS) is 11.8. The lowest BCUT2D eigenvalue weighted by atomic mass is 10.2. The molecule has 0 bridgehead atoms. The molecule has 0 fully saturated rings. The van der Waals surface area contributed by atoms with Gasteiger partial charge >= 0.3 is 0 Å². The summed E-state index contributed by atoms with van der Waals surface area (Å²) >= 11 is 3.32. The van der Waals surface area contributed by atoms with Gasteiger partial charge in [0.05, 0.1) is 11.3 Å². The molecule has 0 amide bonds.